The molecule has 2 unspecified atom stereocenters. The van der Waals surface area contributed by atoms with Crippen LogP contribution in [0.5, 0.6) is 0 Å². The van der Waals surface area contributed by atoms with Crippen LogP contribution in [0.25, 0.3) is 45.0 Å². The molecule has 15 rings (SSSR count). The maximum absolute atomic E-state index is 12.9. The van der Waals surface area contributed by atoms with Gasteiger partial charge in [-0.2, -0.15) is 0 Å². The first-order valence-electron chi connectivity index (χ1n) is 39.4. The minimum absolute atomic E-state index is 0.0919. The van der Waals surface area contributed by atoms with E-state index in [4.69, 9.17) is 51.1 Å². The molecule has 3 atom stereocenters. The van der Waals surface area contributed by atoms with Crippen LogP contribution in [0, 0.1) is 27.7 Å². The molecule has 9 aromatic heterocycles. The molecule has 2 saturated heterocycles. The van der Waals surface area contributed by atoms with Gasteiger partial charge in [-0.05, 0) is 218 Å². The van der Waals surface area contributed by atoms with E-state index in [1.165, 1.54) is 0 Å². The fourth-order valence-electron chi connectivity index (χ4n) is 13.4. The summed E-state index contributed by atoms with van der Waals surface area (Å²) in [6, 6.07) is 58.1. The molecule has 5 amide bonds. The molecule has 2 fully saturated rings. The van der Waals surface area contributed by atoms with Crippen LogP contribution < -0.4 is 41.7 Å². The Kier molecular flexibility index (Phi) is 30.5. The number of rotatable bonds is 21. The highest BCUT2D eigenvalue weighted by molar-refractivity contribution is 6.35. The molecular formula is C92H91Cl4N19O7. The molecule has 2 aliphatic heterocycles. The fraction of sp³-hybridized carbons (Fsp3) is 0.217. The summed E-state index contributed by atoms with van der Waals surface area (Å²) in [4.78, 5) is 112. The van der Waals surface area contributed by atoms with Crippen molar-refractivity contribution in [3.63, 3.8) is 0 Å². The number of pyridine rings is 8. The van der Waals surface area contributed by atoms with Gasteiger partial charge < -0.3 is 61.4 Å². The molecule has 4 aromatic carbocycles. The molecule has 0 saturated carbocycles. The molecule has 624 valence electrons. The van der Waals surface area contributed by atoms with E-state index in [1.54, 1.807) is 143 Å². The zero-order valence-electron chi connectivity index (χ0n) is 68.3. The number of benzene rings is 4. The van der Waals surface area contributed by atoms with E-state index in [2.05, 4.69) is 105 Å². The van der Waals surface area contributed by atoms with E-state index in [-0.39, 0.29) is 41.7 Å². The molecule has 122 heavy (non-hydrogen) atoms. The lowest BCUT2D eigenvalue weighted by molar-refractivity contribution is -0.129. The number of aryl methyl sites for hydroxylation is 4. The van der Waals surface area contributed by atoms with Gasteiger partial charge in [0.1, 0.15) is 23.3 Å². The molecule has 11 heterocycles. The van der Waals surface area contributed by atoms with Crippen molar-refractivity contribution in [1.82, 2.24) is 54.7 Å². The van der Waals surface area contributed by atoms with E-state index in [9.17, 15) is 29.1 Å². The molecule has 26 nitrogen and oxygen atoms in total. The first kappa shape index (κ1) is 88.2. The number of nitrogens with one attached hydrogen (secondary N) is 7. The van der Waals surface area contributed by atoms with E-state index < -0.39 is 6.10 Å². The number of nitrogens with zero attached hydrogens (tertiary/aromatic N) is 12. The van der Waals surface area contributed by atoms with Crippen molar-refractivity contribution in [1.29, 1.82) is 0 Å². The maximum atomic E-state index is 12.9. The number of H-pyrrole nitrogens is 1. The van der Waals surface area contributed by atoms with E-state index in [0.717, 1.165) is 101 Å². The summed E-state index contributed by atoms with van der Waals surface area (Å²) >= 11 is 25.3. The molecule has 30 heteroatoms. The van der Waals surface area contributed by atoms with Crippen molar-refractivity contribution in [3.05, 3.63) is 302 Å². The number of piperazine rings is 1. The number of aromatic amines is 1. The van der Waals surface area contributed by atoms with E-state index in [0.29, 0.717) is 120 Å². The number of carbonyl (C=O) groups excluding carboxylic acids is 5. The number of hydrogen-bond acceptors (Lipinski definition) is 20. The van der Waals surface area contributed by atoms with Crippen molar-refractivity contribution in [2.75, 3.05) is 94.1 Å². The third-order valence-electron chi connectivity index (χ3n) is 19.6. The number of amides is 5. The largest absolute Gasteiger partial charge is 0.392 e. The van der Waals surface area contributed by atoms with Gasteiger partial charge in [-0.1, -0.05) is 70.7 Å². The summed E-state index contributed by atoms with van der Waals surface area (Å²) < 4.78 is 5.80. The van der Waals surface area contributed by atoms with Gasteiger partial charge in [-0.25, -0.2) is 24.9 Å². The Balaban J connectivity index is 0.000000149. The fourth-order valence-corrected chi connectivity index (χ4v) is 14.3. The van der Waals surface area contributed by atoms with Crippen LogP contribution in [-0.4, -0.2) is 160 Å². The number of anilines is 8. The zero-order chi connectivity index (χ0) is 86.3. The number of aliphatic hydroxyl groups is 1. The topological polar surface area (TPSA) is 329 Å². The molecule has 8 N–H and O–H groups in total. The number of aromatic nitrogens is 10. The average molecular weight is 1720 g/mol. The lowest BCUT2D eigenvalue weighted by atomic mass is 10.1. The van der Waals surface area contributed by atoms with Gasteiger partial charge in [0, 0.05) is 147 Å². The number of halogens is 4. The van der Waals surface area contributed by atoms with Gasteiger partial charge in [-0.15, -0.1) is 0 Å². The van der Waals surface area contributed by atoms with Crippen LogP contribution in [0.15, 0.2) is 231 Å². The van der Waals surface area contributed by atoms with E-state index in [1.807, 2.05) is 135 Å². The predicted octanol–water partition coefficient (Wildman–Crippen LogP) is 17.9. The average Bonchev–Trinajstić information content (AvgIpc) is 0.830. The number of ether oxygens (including phenoxy) is 1. The first-order valence-corrected chi connectivity index (χ1v) is 40.9. The standard InChI is InChI=1S/C24H24ClN5O2.C24H25ClN4O2.C23H21ClN6O.C21H21ClN4O2/c1-16-19(7-9-23(27-16)30-13-11-29(12-14-30)17(2)31)24(32)28-18-6-8-21(25)20(15-18)22-5-3-4-10-26-22;1-15-13-29(14-16(2)31-15)23-10-8-19(17(3)27-23)24(30)28-18-7-9-21(25)20(12-18)22-6-4-5-11-26-22;1-15-18(6-8-22(29-15)27-11-9-17-13-25-14-28-17)23(31)30-16-5-7-20(24)19(12-16)21-4-2-3-10-26-21;1-13(27)12-24-20-9-7-16(14(2)25-20)21(28)26-15-6-8-18(22)17(11-15)19-5-3-4-10-23-19/h3-10,15H,11-14H2,1-2H3,(H,28,32);4-12,15-16H,13-14H2,1-3H3,(H,28,30);2-8,10,12-14H,9,11H2,1H3,(H,25,28)(H,27,29)(H,30,31);3-11,13,27H,12H2,1-2H3,(H,24,25)(H,26,28)/t;;;13-/m...0/s1. The Hall–Kier alpha value is -13.1. The van der Waals surface area contributed by atoms with Crippen molar-refractivity contribution >= 4 is 122 Å². The quantitative estimate of drug-likeness (QED) is 0.0331. The van der Waals surface area contributed by atoms with Gasteiger partial charge in [0.05, 0.1) is 113 Å². The second-order valence-corrected chi connectivity index (χ2v) is 30.5. The third-order valence-corrected chi connectivity index (χ3v) is 20.9. The summed E-state index contributed by atoms with van der Waals surface area (Å²) in [7, 11) is 0. The number of hydrogen-bond donors (Lipinski definition) is 8. The highest BCUT2D eigenvalue weighted by Crippen LogP contribution is 2.35. The molecular weight excluding hydrogens is 1620 g/mol. The monoisotopic (exact) mass is 1710 g/mol. The highest BCUT2D eigenvalue weighted by atomic mass is 35.5. The smallest absolute Gasteiger partial charge is 0.257 e. The van der Waals surface area contributed by atoms with E-state index >= 15 is 0 Å². The summed E-state index contributed by atoms with van der Waals surface area (Å²) in [5, 5.41) is 29.6. The second kappa shape index (κ2) is 42.2. The van der Waals surface area contributed by atoms with Crippen LogP contribution in [0.2, 0.25) is 20.1 Å². The molecule has 2 aliphatic rings. The number of morpholine rings is 1. The lowest BCUT2D eigenvalue weighted by Crippen LogP contribution is -2.48. The summed E-state index contributed by atoms with van der Waals surface area (Å²) in [5.74, 6) is 2.15. The van der Waals surface area contributed by atoms with Crippen LogP contribution in [0.3, 0.4) is 0 Å². The number of imidazole rings is 1. The minimum atomic E-state index is -0.483. The Morgan fingerprint density at radius 2 is 0.811 bits per heavy atom. The van der Waals surface area contributed by atoms with Crippen molar-refractivity contribution in [3.8, 4) is 45.0 Å². The first-order chi connectivity index (χ1) is 58.9. The van der Waals surface area contributed by atoms with Gasteiger partial charge >= 0.3 is 0 Å². The van der Waals surface area contributed by atoms with Gasteiger partial charge in [0.15, 0.2) is 0 Å². The van der Waals surface area contributed by atoms with Crippen molar-refractivity contribution in [2.24, 2.45) is 0 Å². The van der Waals surface area contributed by atoms with Gasteiger partial charge in [0.25, 0.3) is 23.6 Å². The van der Waals surface area contributed by atoms with Crippen LogP contribution in [0.1, 0.15) is 97.6 Å². The molecule has 0 bridgehead atoms. The highest BCUT2D eigenvalue weighted by Gasteiger charge is 2.26. The maximum Gasteiger partial charge on any atom is 0.257 e. The summed E-state index contributed by atoms with van der Waals surface area (Å²) in [6.45, 7) is 20.1. The minimum Gasteiger partial charge on any atom is -0.392 e. The lowest BCUT2D eigenvalue weighted by Gasteiger charge is -2.36. The Bertz CT molecular complexity index is 5790. The Labute approximate surface area is 727 Å². The van der Waals surface area contributed by atoms with Crippen LogP contribution >= 0.6 is 46.4 Å². The molecule has 13 aromatic rings. The summed E-state index contributed by atoms with van der Waals surface area (Å²) in [5.41, 5.74) is 14.1. The van der Waals surface area contributed by atoms with Crippen molar-refractivity contribution in [2.45, 2.75) is 80.1 Å². The Morgan fingerprint density at radius 3 is 1.13 bits per heavy atom. The normalized spacial score (nSPS) is 13.7. The van der Waals surface area contributed by atoms with Crippen LogP contribution in [0.4, 0.5) is 46.0 Å². The van der Waals surface area contributed by atoms with Crippen LogP contribution in [-0.2, 0) is 16.0 Å². The SMILES string of the molecule is CC(=O)N1CCN(c2ccc(C(=O)Nc3ccc(Cl)c(-c4ccccn4)c3)c(C)n2)CC1.Cc1nc(N2CC(C)OC(C)C2)ccc1C(=O)Nc1ccc(Cl)c(-c2ccccn2)c1.Cc1nc(NCCc2cnc[nH]2)ccc1C(=O)Nc1ccc(Cl)c(-c2ccccn2)c1.Cc1nc(NC[C@H](C)O)ccc1C(=O)Nc1ccc(Cl)c(-c2ccccn2)c1. The Morgan fingerprint density at radius 1 is 0.459 bits per heavy atom. The molecule has 0 radical (unpaired) electrons. The number of carbonyl (C=O) groups is 5. The molecule has 0 aliphatic carbocycles. The molecule has 0 spiro atoms. The predicted molar refractivity (Wildman–Crippen MR) is 484 cm³/mol. The number of aliphatic hydroxyl groups excluding tert-OH is 1. The zero-order valence-corrected chi connectivity index (χ0v) is 71.3. The second-order valence-electron chi connectivity index (χ2n) is 28.9. The third kappa shape index (κ3) is 24.1. The summed E-state index contributed by atoms with van der Waals surface area (Å²) in [6.07, 6.45) is 10.9. The van der Waals surface area contributed by atoms with Gasteiger partial charge in [-0.3, -0.25) is 43.9 Å². The van der Waals surface area contributed by atoms with Crippen molar-refractivity contribution < 1.29 is 33.8 Å². The van der Waals surface area contributed by atoms with Gasteiger partial charge in [0.2, 0.25) is 5.91 Å².